The summed E-state index contributed by atoms with van der Waals surface area (Å²) in [6.45, 7) is 2.83. The fourth-order valence-corrected chi connectivity index (χ4v) is 3.84. The third-order valence-corrected chi connectivity index (χ3v) is 5.37. The van der Waals surface area contributed by atoms with Crippen LogP contribution >= 0.6 is 47.1 Å². The average Bonchev–Trinajstić information content (AvgIpc) is 3.03. The average molecular weight is 426 g/mol. The van der Waals surface area contributed by atoms with Gasteiger partial charge < -0.3 is 10.6 Å². The maximum absolute atomic E-state index is 4.35. The number of hydrogen-bond acceptors (Lipinski definition) is 4. The highest BCUT2D eigenvalue weighted by Crippen LogP contribution is 2.27. The van der Waals surface area contributed by atoms with Crippen molar-refractivity contribution in [2.45, 2.75) is 44.0 Å². The Morgan fingerprint density at radius 2 is 2.35 bits per heavy atom. The number of aryl methyl sites for hydroxylation is 1. The third-order valence-electron chi connectivity index (χ3n) is 3.36. The van der Waals surface area contributed by atoms with Crippen molar-refractivity contribution >= 4 is 53.0 Å². The zero-order valence-corrected chi connectivity index (χ0v) is 16.1. The largest absolute Gasteiger partial charge is 0.354 e. The van der Waals surface area contributed by atoms with Crippen LogP contribution in [0.1, 0.15) is 29.1 Å². The first-order chi connectivity index (χ1) is 9.21. The second kappa shape index (κ2) is 9.09. The van der Waals surface area contributed by atoms with E-state index in [9.17, 15) is 0 Å². The normalized spacial score (nSPS) is 22.4. The third kappa shape index (κ3) is 5.40. The van der Waals surface area contributed by atoms with Crippen molar-refractivity contribution in [3.63, 3.8) is 0 Å². The molecule has 1 saturated carbocycles. The number of nitrogens with zero attached hydrogens (tertiary/aromatic N) is 2. The molecule has 1 fully saturated rings. The van der Waals surface area contributed by atoms with Gasteiger partial charge in [0.25, 0.3) is 0 Å². The lowest BCUT2D eigenvalue weighted by Gasteiger charge is -2.16. The minimum absolute atomic E-state index is 0. The Hall–Kier alpha value is -0.0200. The molecule has 0 radical (unpaired) electrons. The molecule has 0 aliphatic heterocycles. The van der Waals surface area contributed by atoms with Crippen LogP contribution < -0.4 is 10.6 Å². The van der Waals surface area contributed by atoms with Crippen molar-refractivity contribution in [3.05, 3.63) is 16.1 Å². The van der Waals surface area contributed by atoms with E-state index in [1.54, 1.807) is 11.3 Å². The molecule has 0 bridgehead atoms. The summed E-state index contributed by atoms with van der Waals surface area (Å²) in [5.74, 6) is 0.889. The molecule has 0 saturated heterocycles. The Kier molecular flexibility index (Phi) is 8.20. The Labute approximate surface area is 146 Å². The molecule has 4 nitrogen and oxygen atoms in total. The lowest BCUT2D eigenvalue weighted by atomic mass is 10.2. The fourth-order valence-electron chi connectivity index (χ4n) is 2.32. The predicted octanol–water partition coefficient (Wildman–Crippen LogP) is 3.02. The summed E-state index contributed by atoms with van der Waals surface area (Å²) < 4.78 is 0. The monoisotopic (exact) mass is 426 g/mol. The van der Waals surface area contributed by atoms with Crippen LogP contribution in [0.4, 0.5) is 0 Å². The number of thioether (sulfide) groups is 1. The van der Waals surface area contributed by atoms with E-state index in [2.05, 4.69) is 33.8 Å². The number of nitrogens with one attached hydrogen (secondary N) is 2. The molecule has 1 aliphatic carbocycles. The van der Waals surface area contributed by atoms with Gasteiger partial charge in [-0.2, -0.15) is 11.8 Å². The van der Waals surface area contributed by atoms with Gasteiger partial charge in [-0.25, -0.2) is 4.98 Å². The van der Waals surface area contributed by atoms with E-state index in [4.69, 9.17) is 0 Å². The van der Waals surface area contributed by atoms with Gasteiger partial charge in [-0.05, 0) is 32.4 Å². The summed E-state index contributed by atoms with van der Waals surface area (Å²) in [6.07, 6.45) is 7.89. The molecule has 0 spiro atoms. The Balaban J connectivity index is 0.00000200. The molecule has 1 aromatic rings. The lowest BCUT2D eigenvalue weighted by molar-refractivity contribution is 0.614. The second-order valence-electron chi connectivity index (χ2n) is 4.80. The van der Waals surface area contributed by atoms with Crippen LogP contribution in [-0.2, 0) is 6.54 Å². The molecule has 1 aromatic heterocycles. The number of halogens is 1. The van der Waals surface area contributed by atoms with Crippen molar-refractivity contribution in [2.75, 3.05) is 13.3 Å². The highest BCUT2D eigenvalue weighted by atomic mass is 127. The SMILES string of the molecule is CN=C(NCc1ncc(C)s1)NC1CCC(SC)C1.I. The molecule has 2 N–H and O–H groups in total. The molecular weight excluding hydrogens is 403 g/mol. The van der Waals surface area contributed by atoms with Gasteiger partial charge in [-0.3, -0.25) is 4.99 Å². The first-order valence-corrected chi connectivity index (χ1v) is 8.73. The van der Waals surface area contributed by atoms with Gasteiger partial charge in [0, 0.05) is 29.4 Å². The van der Waals surface area contributed by atoms with E-state index in [0.717, 1.165) is 22.8 Å². The highest BCUT2D eigenvalue weighted by Gasteiger charge is 2.24. The quantitative estimate of drug-likeness (QED) is 0.442. The van der Waals surface area contributed by atoms with Crippen molar-refractivity contribution in [1.29, 1.82) is 0 Å². The summed E-state index contributed by atoms with van der Waals surface area (Å²) in [7, 11) is 1.82. The number of aliphatic imine (C=N–C) groups is 1. The van der Waals surface area contributed by atoms with Crippen LogP contribution in [0.2, 0.25) is 0 Å². The Morgan fingerprint density at radius 3 is 2.90 bits per heavy atom. The Bertz CT molecular complexity index is 436. The minimum Gasteiger partial charge on any atom is -0.354 e. The molecule has 2 unspecified atom stereocenters. The van der Waals surface area contributed by atoms with Crippen molar-refractivity contribution in [1.82, 2.24) is 15.6 Å². The maximum Gasteiger partial charge on any atom is 0.191 e. The topological polar surface area (TPSA) is 49.3 Å². The van der Waals surface area contributed by atoms with Crippen molar-refractivity contribution < 1.29 is 0 Å². The summed E-state index contributed by atoms with van der Waals surface area (Å²) in [5.41, 5.74) is 0. The minimum atomic E-state index is 0. The first-order valence-electron chi connectivity index (χ1n) is 6.62. The van der Waals surface area contributed by atoms with Gasteiger partial charge in [-0.15, -0.1) is 35.3 Å². The van der Waals surface area contributed by atoms with Crippen LogP contribution in [0.25, 0.3) is 0 Å². The van der Waals surface area contributed by atoms with E-state index < -0.39 is 0 Å². The fraction of sp³-hybridized carbons (Fsp3) is 0.692. The molecule has 2 rings (SSSR count). The van der Waals surface area contributed by atoms with Crippen LogP contribution in [0.15, 0.2) is 11.2 Å². The number of guanidine groups is 1. The molecule has 1 aliphatic rings. The number of aromatic nitrogens is 1. The van der Waals surface area contributed by atoms with E-state index in [0.29, 0.717) is 6.04 Å². The summed E-state index contributed by atoms with van der Waals surface area (Å²) in [6, 6.07) is 0.557. The summed E-state index contributed by atoms with van der Waals surface area (Å²) in [5, 5.41) is 8.76. The van der Waals surface area contributed by atoms with E-state index >= 15 is 0 Å². The number of rotatable bonds is 4. The second-order valence-corrected chi connectivity index (χ2v) is 7.26. The molecule has 0 amide bonds. The van der Waals surface area contributed by atoms with Gasteiger partial charge in [0.15, 0.2) is 5.96 Å². The first kappa shape index (κ1) is 18.0. The van der Waals surface area contributed by atoms with Gasteiger partial charge in [0.2, 0.25) is 0 Å². The van der Waals surface area contributed by atoms with Crippen molar-refractivity contribution in [2.24, 2.45) is 4.99 Å². The van der Waals surface area contributed by atoms with Gasteiger partial charge in [0.05, 0.1) is 6.54 Å². The smallest absolute Gasteiger partial charge is 0.191 e. The van der Waals surface area contributed by atoms with Crippen LogP contribution in [0, 0.1) is 6.92 Å². The molecule has 2 atom stereocenters. The lowest BCUT2D eigenvalue weighted by Crippen LogP contribution is -2.42. The maximum atomic E-state index is 4.35. The highest BCUT2D eigenvalue weighted by molar-refractivity contribution is 14.0. The van der Waals surface area contributed by atoms with Crippen molar-refractivity contribution in [3.8, 4) is 0 Å². The van der Waals surface area contributed by atoms with E-state index in [1.165, 1.54) is 24.1 Å². The zero-order chi connectivity index (χ0) is 13.7. The zero-order valence-electron chi connectivity index (χ0n) is 12.2. The van der Waals surface area contributed by atoms with Gasteiger partial charge in [-0.1, -0.05) is 0 Å². The summed E-state index contributed by atoms with van der Waals surface area (Å²) in [4.78, 5) is 9.89. The van der Waals surface area contributed by atoms with E-state index in [1.807, 2.05) is 25.0 Å². The number of hydrogen-bond donors (Lipinski definition) is 2. The number of thiazole rings is 1. The van der Waals surface area contributed by atoms with Crippen LogP contribution in [-0.4, -0.2) is 35.5 Å². The molecular formula is C13H23IN4S2. The predicted molar refractivity (Wildman–Crippen MR) is 101 cm³/mol. The standard InChI is InChI=1S/C13H22N4S2.HI/c1-9-7-15-12(19-9)8-16-13(14-2)17-10-4-5-11(6-10)18-3;/h7,10-11H,4-6,8H2,1-3H3,(H2,14,16,17);1H. The molecule has 7 heteroatoms. The van der Waals surface area contributed by atoms with Gasteiger partial charge in [0.1, 0.15) is 5.01 Å². The van der Waals surface area contributed by atoms with E-state index in [-0.39, 0.29) is 24.0 Å². The molecule has 0 aromatic carbocycles. The van der Waals surface area contributed by atoms with Crippen LogP contribution in [0.3, 0.4) is 0 Å². The van der Waals surface area contributed by atoms with Crippen LogP contribution in [0.5, 0.6) is 0 Å². The van der Waals surface area contributed by atoms with Gasteiger partial charge >= 0.3 is 0 Å². The Morgan fingerprint density at radius 1 is 1.55 bits per heavy atom. The molecule has 1 heterocycles. The molecule has 20 heavy (non-hydrogen) atoms. The molecule has 114 valence electrons. The summed E-state index contributed by atoms with van der Waals surface area (Å²) >= 11 is 3.70.